The fourth-order valence-corrected chi connectivity index (χ4v) is 1.05. The number of carbonyl (C=O) groups excluding carboxylic acids is 1. The zero-order valence-corrected chi connectivity index (χ0v) is 12.3. The molecule has 2 atom stereocenters. The van der Waals surface area contributed by atoms with Gasteiger partial charge in [0.25, 0.3) is 0 Å². The van der Waals surface area contributed by atoms with Gasteiger partial charge in [-0.05, 0) is 6.42 Å². The van der Waals surface area contributed by atoms with Gasteiger partial charge in [-0.25, -0.2) is 4.79 Å². The molecule has 0 aliphatic carbocycles. The highest BCUT2D eigenvalue weighted by Crippen LogP contribution is 1.99. The number of hydrogen-bond donors (Lipinski definition) is 5. The van der Waals surface area contributed by atoms with Crippen LogP contribution in [0.1, 0.15) is 12.8 Å². The molecule has 0 saturated carbocycles. The van der Waals surface area contributed by atoms with Crippen molar-refractivity contribution in [2.24, 2.45) is 5.73 Å². The maximum Gasteiger partial charge on any atom is 0.326 e. The number of thiol groups is 1. The number of hydrogen-bond acceptors (Lipinski definition) is 5. The van der Waals surface area contributed by atoms with E-state index in [9.17, 15) is 14.4 Å². The normalized spacial score (nSPS) is 12.3. The van der Waals surface area contributed by atoms with Crippen LogP contribution in [0.2, 0.25) is 0 Å². The molecule has 0 unspecified atom stereocenters. The van der Waals surface area contributed by atoms with Crippen LogP contribution in [-0.4, -0.2) is 45.9 Å². The van der Waals surface area contributed by atoms with Crippen molar-refractivity contribution >= 4 is 57.5 Å². The molecule has 18 heavy (non-hydrogen) atoms. The van der Waals surface area contributed by atoms with Crippen molar-refractivity contribution in [2.75, 3.05) is 5.75 Å². The van der Waals surface area contributed by atoms with Crippen molar-refractivity contribution in [3.63, 3.8) is 0 Å². The quantitative estimate of drug-likeness (QED) is 0.379. The summed E-state index contributed by atoms with van der Waals surface area (Å²) in [5.41, 5.74) is 5.32. The Bertz CT molecular complexity index is 290. The Labute approximate surface area is 124 Å². The molecule has 0 saturated heterocycles. The molecular weight excluding hydrogens is 300 g/mol. The number of carboxylic acid groups (broad SMARTS) is 2. The lowest BCUT2D eigenvalue weighted by atomic mass is 10.1. The van der Waals surface area contributed by atoms with E-state index in [-0.39, 0.29) is 45.6 Å². The fourth-order valence-electron chi connectivity index (χ4n) is 0.887. The second-order valence-corrected chi connectivity index (χ2v) is 3.49. The summed E-state index contributed by atoms with van der Waals surface area (Å²) >= 11 is 3.79. The number of rotatable bonds is 7. The van der Waals surface area contributed by atoms with E-state index in [1.54, 1.807) is 0 Å². The van der Waals surface area contributed by atoms with Gasteiger partial charge in [0.15, 0.2) is 0 Å². The van der Waals surface area contributed by atoms with Crippen molar-refractivity contribution in [2.45, 2.75) is 24.9 Å². The van der Waals surface area contributed by atoms with E-state index in [1.807, 2.05) is 0 Å². The molecule has 0 aromatic heterocycles. The first-order chi connectivity index (χ1) is 7.38. The number of carbonyl (C=O) groups is 3. The van der Waals surface area contributed by atoms with Crippen LogP contribution >= 0.6 is 39.6 Å². The van der Waals surface area contributed by atoms with Crippen LogP contribution in [0.4, 0.5) is 0 Å². The third-order valence-electron chi connectivity index (χ3n) is 1.79. The molecule has 108 valence electrons. The van der Waals surface area contributed by atoms with E-state index >= 15 is 0 Å². The van der Waals surface area contributed by atoms with E-state index in [0.29, 0.717) is 0 Å². The van der Waals surface area contributed by atoms with Gasteiger partial charge in [0.05, 0.1) is 6.04 Å². The van der Waals surface area contributed by atoms with Crippen LogP contribution in [0, 0.1) is 0 Å². The maximum atomic E-state index is 11.2. The van der Waals surface area contributed by atoms with Gasteiger partial charge in [0.1, 0.15) is 6.04 Å². The first-order valence-electron chi connectivity index (χ1n) is 4.50. The van der Waals surface area contributed by atoms with Gasteiger partial charge in [0.2, 0.25) is 5.91 Å². The van der Waals surface area contributed by atoms with E-state index in [2.05, 4.69) is 17.9 Å². The summed E-state index contributed by atoms with van der Waals surface area (Å²) in [4.78, 5) is 32.2. The lowest BCUT2D eigenvalue weighted by molar-refractivity contribution is -0.143. The molecule has 0 aliphatic heterocycles. The van der Waals surface area contributed by atoms with Crippen LogP contribution in [0.25, 0.3) is 0 Å². The minimum Gasteiger partial charge on any atom is -0.481 e. The molecule has 5 N–H and O–H groups in total. The minimum atomic E-state index is -1.29. The summed E-state index contributed by atoms with van der Waals surface area (Å²) in [7, 11) is 0. The van der Waals surface area contributed by atoms with Crippen molar-refractivity contribution in [3.8, 4) is 0 Å². The second-order valence-electron chi connectivity index (χ2n) is 3.12. The van der Waals surface area contributed by atoms with Crippen LogP contribution in [0.5, 0.6) is 0 Å². The molecular formula is C8H18N2O5S3. The lowest BCUT2D eigenvalue weighted by Crippen LogP contribution is -2.49. The topological polar surface area (TPSA) is 130 Å². The molecule has 0 aliphatic rings. The molecule has 7 nitrogen and oxygen atoms in total. The average molecular weight is 318 g/mol. The molecule has 0 heterocycles. The third-order valence-corrected chi connectivity index (χ3v) is 2.19. The van der Waals surface area contributed by atoms with Gasteiger partial charge < -0.3 is 21.3 Å². The van der Waals surface area contributed by atoms with Crippen LogP contribution < -0.4 is 11.1 Å². The fraction of sp³-hybridized carbons (Fsp3) is 0.625. The molecule has 0 spiro atoms. The van der Waals surface area contributed by atoms with Crippen LogP contribution in [0.15, 0.2) is 0 Å². The minimum absolute atomic E-state index is 0. The molecule has 0 radical (unpaired) electrons. The van der Waals surface area contributed by atoms with Gasteiger partial charge >= 0.3 is 11.9 Å². The number of nitrogens with one attached hydrogen (secondary N) is 1. The number of amides is 1. The van der Waals surface area contributed by atoms with Gasteiger partial charge in [-0.2, -0.15) is 39.6 Å². The highest BCUT2D eigenvalue weighted by Gasteiger charge is 2.23. The van der Waals surface area contributed by atoms with Gasteiger partial charge in [-0.3, -0.25) is 9.59 Å². The van der Waals surface area contributed by atoms with Gasteiger partial charge in [0, 0.05) is 12.2 Å². The standard InChI is InChI=1S/C8H14N2O5S.2H2S/c9-4(3-16)7(13)10-5(8(14)15)1-2-6(11)12;;/h4-5,16H,1-3,9H2,(H,10,13)(H,11,12)(H,14,15);2*1H2/t4-,5-;;/m0../s1. The van der Waals surface area contributed by atoms with E-state index < -0.39 is 29.9 Å². The Morgan fingerprint density at radius 1 is 1.22 bits per heavy atom. The zero-order chi connectivity index (χ0) is 12.7. The maximum absolute atomic E-state index is 11.2. The second kappa shape index (κ2) is 11.5. The Morgan fingerprint density at radius 3 is 2.06 bits per heavy atom. The molecule has 0 bridgehead atoms. The molecule has 10 heteroatoms. The summed E-state index contributed by atoms with van der Waals surface area (Å²) in [6, 6.07) is -2.15. The highest BCUT2D eigenvalue weighted by molar-refractivity contribution is 7.80. The summed E-state index contributed by atoms with van der Waals surface area (Å²) in [5.74, 6) is -3.00. The number of aliphatic carboxylic acids is 2. The zero-order valence-electron chi connectivity index (χ0n) is 9.42. The Hall–Kier alpha value is -0.580. The SMILES string of the molecule is N[C@@H](CS)C(=O)N[C@@H](CCC(=O)O)C(=O)O.S.S. The monoisotopic (exact) mass is 318 g/mol. The number of nitrogens with two attached hydrogens (primary N) is 1. The first-order valence-corrected chi connectivity index (χ1v) is 5.13. The Kier molecular flexibility index (Phi) is 14.4. The Balaban J connectivity index is -0.00000112. The van der Waals surface area contributed by atoms with Crippen molar-refractivity contribution in [1.82, 2.24) is 5.32 Å². The van der Waals surface area contributed by atoms with Crippen LogP contribution in [0.3, 0.4) is 0 Å². The largest absolute Gasteiger partial charge is 0.481 e. The predicted octanol–water partition coefficient (Wildman–Crippen LogP) is -1.10. The van der Waals surface area contributed by atoms with Crippen molar-refractivity contribution in [1.29, 1.82) is 0 Å². The molecule has 0 fully saturated rings. The van der Waals surface area contributed by atoms with Gasteiger partial charge in [-0.1, -0.05) is 0 Å². The van der Waals surface area contributed by atoms with Crippen LogP contribution in [-0.2, 0) is 14.4 Å². The third kappa shape index (κ3) is 9.45. The molecule has 1 amide bonds. The predicted molar refractivity (Wildman–Crippen MR) is 79.0 cm³/mol. The summed E-state index contributed by atoms with van der Waals surface area (Å²) < 4.78 is 0. The summed E-state index contributed by atoms with van der Waals surface area (Å²) in [6.45, 7) is 0. The highest BCUT2D eigenvalue weighted by atomic mass is 32.1. The number of carboxylic acids is 2. The van der Waals surface area contributed by atoms with E-state index in [1.165, 1.54) is 0 Å². The first kappa shape index (κ1) is 22.6. The summed E-state index contributed by atoms with van der Waals surface area (Å²) in [6.07, 6.45) is -0.525. The molecule has 0 rings (SSSR count). The van der Waals surface area contributed by atoms with Gasteiger partial charge in [-0.15, -0.1) is 0 Å². The van der Waals surface area contributed by atoms with E-state index in [0.717, 1.165) is 0 Å². The average Bonchev–Trinajstić information content (AvgIpc) is 2.21. The summed E-state index contributed by atoms with van der Waals surface area (Å²) in [5, 5.41) is 19.3. The van der Waals surface area contributed by atoms with E-state index in [4.69, 9.17) is 15.9 Å². The van der Waals surface area contributed by atoms with Crippen molar-refractivity contribution < 1.29 is 24.6 Å². The smallest absolute Gasteiger partial charge is 0.326 e. The molecule has 0 aromatic rings. The Morgan fingerprint density at radius 2 is 1.72 bits per heavy atom. The molecule has 0 aromatic carbocycles. The lowest BCUT2D eigenvalue weighted by Gasteiger charge is -2.15. The van der Waals surface area contributed by atoms with Crippen molar-refractivity contribution in [3.05, 3.63) is 0 Å².